The van der Waals surface area contributed by atoms with Gasteiger partial charge in [-0.3, -0.25) is 9.59 Å². The van der Waals surface area contributed by atoms with E-state index in [1.54, 1.807) is 36.7 Å². The second kappa shape index (κ2) is 7.84. The van der Waals surface area contributed by atoms with E-state index < -0.39 is 0 Å². The second-order valence-corrected chi connectivity index (χ2v) is 4.54. The van der Waals surface area contributed by atoms with Crippen LogP contribution >= 0.6 is 0 Å². The van der Waals surface area contributed by atoms with Crippen LogP contribution in [0.3, 0.4) is 0 Å². The van der Waals surface area contributed by atoms with Gasteiger partial charge in [0.05, 0.1) is 6.54 Å². The lowest BCUT2D eigenvalue weighted by Gasteiger charge is -2.06. The number of benzene rings is 1. The fourth-order valence-electron chi connectivity index (χ4n) is 1.83. The maximum Gasteiger partial charge on any atom is 0.251 e. The van der Waals surface area contributed by atoms with Crippen molar-refractivity contribution in [1.29, 1.82) is 0 Å². The van der Waals surface area contributed by atoms with Gasteiger partial charge in [0.15, 0.2) is 0 Å². The van der Waals surface area contributed by atoms with Gasteiger partial charge in [-0.05, 0) is 18.6 Å². The molecule has 0 spiro atoms. The van der Waals surface area contributed by atoms with Crippen LogP contribution in [0, 0.1) is 0 Å². The van der Waals surface area contributed by atoms with Crippen LogP contribution in [0.4, 0.5) is 0 Å². The standard InChI is InChI=1S/C15H18N4O2/c20-14(18-8-4-7-13-16-9-10-17-13)11-19-15(21)12-5-2-1-3-6-12/h1-3,5-6,9-10H,4,7-8,11H2,(H,16,17)(H,18,20)(H,19,21). The first kappa shape index (κ1) is 14.8. The summed E-state index contributed by atoms with van der Waals surface area (Å²) < 4.78 is 0. The van der Waals surface area contributed by atoms with Crippen LogP contribution in [-0.4, -0.2) is 34.9 Å². The Balaban J connectivity index is 1.60. The van der Waals surface area contributed by atoms with E-state index in [4.69, 9.17) is 0 Å². The van der Waals surface area contributed by atoms with Crippen LogP contribution in [0.1, 0.15) is 22.6 Å². The predicted molar refractivity (Wildman–Crippen MR) is 78.7 cm³/mol. The van der Waals surface area contributed by atoms with Gasteiger partial charge in [-0.2, -0.15) is 0 Å². The van der Waals surface area contributed by atoms with E-state index in [0.29, 0.717) is 12.1 Å². The molecule has 0 saturated heterocycles. The van der Waals surface area contributed by atoms with Gasteiger partial charge in [0.25, 0.3) is 5.91 Å². The molecule has 0 unspecified atom stereocenters. The average Bonchev–Trinajstić information content (AvgIpc) is 3.03. The molecule has 3 N–H and O–H groups in total. The largest absolute Gasteiger partial charge is 0.355 e. The first-order valence-corrected chi connectivity index (χ1v) is 6.84. The van der Waals surface area contributed by atoms with Crippen LogP contribution in [0.25, 0.3) is 0 Å². The topological polar surface area (TPSA) is 86.9 Å². The molecule has 0 aliphatic rings. The molecule has 2 amide bonds. The number of hydrogen-bond acceptors (Lipinski definition) is 3. The molecule has 0 atom stereocenters. The fraction of sp³-hybridized carbons (Fsp3) is 0.267. The molecule has 0 aliphatic carbocycles. The van der Waals surface area contributed by atoms with Gasteiger partial charge < -0.3 is 15.6 Å². The van der Waals surface area contributed by atoms with Crippen LogP contribution < -0.4 is 10.6 Å². The summed E-state index contributed by atoms with van der Waals surface area (Å²) >= 11 is 0. The zero-order valence-electron chi connectivity index (χ0n) is 11.6. The summed E-state index contributed by atoms with van der Waals surface area (Å²) in [4.78, 5) is 30.4. The summed E-state index contributed by atoms with van der Waals surface area (Å²) in [6.07, 6.45) is 5.05. The molecule has 0 fully saturated rings. The van der Waals surface area contributed by atoms with Gasteiger partial charge in [0.2, 0.25) is 5.91 Å². The number of aryl methyl sites for hydroxylation is 1. The Labute approximate surface area is 123 Å². The number of carbonyl (C=O) groups is 2. The summed E-state index contributed by atoms with van der Waals surface area (Å²) in [6, 6.07) is 8.81. The Kier molecular flexibility index (Phi) is 5.51. The number of nitrogens with zero attached hydrogens (tertiary/aromatic N) is 1. The SMILES string of the molecule is O=C(CNC(=O)c1ccccc1)NCCCc1ncc[nH]1. The smallest absolute Gasteiger partial charge is 0.251 e. The van der Waals surface area contributed by atoms with Gasteiger partial charge in [0, 0.05) is 30.9 Å². The summed E-state index contributed by atoms with van der Waals surface area (Å²) in [7, 11) is 0. The summed E-state index contributed by atoms with van der Waals surface area (Å²) in [6.45, 7) is 0.537. The molecule has 1 aromatic carbocycles. The first-order valence-electron chi connectivity index (χ1n) is 6.84. The number of aromatic nitrogens is 2. The minimum Gasteiger partial charge on any atom is -0.355 e. The highest BCUT2D eigenvalue weighted by molar-refractivity contribution is 5.96. The third-order valence-electron chi connectivity index (χ3n) is 2.91. The summed E-state index contributed by atoms with van der Waals surface area (Å²) in [5, 5.41) is 5.34. The van der Waals surface area contributed by atoms with Gasteiger partial charge in [-0.1, -0.05) is 18.2 Å². The van der Waals surface area contributed by atoms with E-state index in [1.807, 2.05) is 6.07 Å². The highest BCUT2D eigenvalue weighted by atomic mass is 16.2. The molecular weight excluding hydrogens is 268 g/mol. The summed E-state index contributed by atoms with van der Waals surface area (Å²) in [5.41, 5.74) is 0.545. The van der Waals surface area contributed by atoms with Crippen molar-refractivity contribution in [3.8, 4) is 0 Å². The van der Waals surface area contributed by atoms with Crippen molar-refractivity contribution in [3.05, 3.63) is 54.1 Å². The molecule has 2 aromatic rings. The lowest BCUT2D eigenvalue weighted by Crippen LogP contribution is -2.37. The molecule has 110 valence electrons. The van der Waals surface area contributed by atoms with Crippen LogP contribution in [0.5, 0.6) is 0 Å². The minimum absolute atomic E-state index is 0.0194. The number of aromatic amines is 1. The third-order valence-corrected chi connectivity index (χ3v) is 2.91. The molecule has 0 bridgehead atoms. The molecule has 1 aromatic heterocycles. The van der Waals surface area contributed by atoms with Gasteiger partial charge in [0.1, 0.15) is 5.82 Å². The van der Waals surface area contributed by atoms with E-state index in [1.165, 1.54) is 0 Å². The Bertz CT molecular complexity index is 567. The van der Waals surface area contributed by atoms with Gasteiger partial charge >= 0.3 is 0 Å². The van der Waals surface area contributed by atoms with Crippen LogP contribution in [-0.2, 0) is 11.2 Å². The molecule has 6 heteroatoms. The van der Waals surface area contributed by atoms with Crippen LogP contribution in [0.2, 0.25) is 0 Å². The van der Waals surface area contributed by atoms with Crippen molar-refractivity contribution in [2.24, 2.45) is 0 Å². The molecule has 21 heavy (non-hydrogen) atoms. The maximum absolute atomic E-state index is 11.7. The molecule has 6 nitrogen and oxygen atoms in total. The van der Waals surface area contributed by atoms with Crippen molar-refractivity contribution in [3.63, 3.8) is 0 Å². The zero-order chi connectivity index (χ0) is 14.9. The quantitative estimate of drug-likeness (QED) is 0.661. The molecule has 0 radical (unpaired) electrons. The van der Waals surface area contributed by atoms with E-state index in [2.05, 4.69) is 20.6 Å². The number of carbonyl (C=O) groups excluding carboxylic acids is 2. The van der Waals surface area contributed by atoms with Crippen LogP contribution in [0.15, 0.2) is 42.7 Å². The normalized spacial score (nSPS) is 10.1. The fourth-order valence-corrected chi connectivity index (χ4v) is 1.83. The lowest BCUT2D eigenvalue weighted by atomic mass is 10.2. The zero-order valence-corrected chi connectivity index (χ0v) is 11.6. The number of H-pyrrole nitrogens is 1. The Morgan fingerprint density at radius 1 is 1.14 bits per heavy atom. The average molecular weight is 286 g/mol. The minimum atomic E-state index is -0.249. The molecule has 0 aliphatic heterocycles. The van der Waals surface area contributed by atoms with Crippen molar-refractivity contribution >= 4 is 11.8 Å². The highest BCUT2D eigenvalue weighted by Gasteiger charge is 2.06. The highest BCUT2D eigenvalue weighted by Crippen LogP contribution is 1.97. The Hall–Kier alpha value is -2.63. The predicted octanol–water partition coefficient (Wildman–Crippen LogP) is 0.888. The number of imidazole rings is 1. The molecular formula is C15H18N4O2. The van der Waals surface area contributed by atoms with Crippen molar-refractivity contribution in [1.82, 2.24) is 20.6 Å². The Morgan fingerprint density at radius 2 is 1.95 bits per heavy atom. The molecule has 0 saturated carbocycles. The number of nitrogens with one attached hydrogen (secondary N) is 3. The molecule has 1 heterocycles. The first-order chi connectivity index (χ1) is 10.3. The number of rotatable bonds is 7. The monoisotopic (exact) mass is 286 g/mol. The van der Waals surface area contributed by atoms with E-state index in [9.17, 15) is 9.59 Å². The van der Waals surface area contributed by atoms with E-state index in [0.717, 1.165) is 18.7 Å². The third kappa shape index (κ3) is 5.10. The van der Waals surface area contributed by atoms with Crippen molar-refractivity contribution in [2.75, 3.05) is 13.1 Å². The van der Waals surface area contributed by atoms with E-state index in [-0.39, 0.29) is 18.4 Å². The Morgan fingerprint density at radius 3 is 2.67 bits per heavy atom. The number of hydrogen-bond donors (Lipinski definition) is 3. The van der Waals surface area contributed by atoms with E-state index >= 15 is 0 Å². The van der Waals surface area contributed by atoms with Gasteiger partial charge in [-0.25, -0.2) is 4.98 Å². The van der Waals surface area contributed by atoms with Gasteiger partial charge in [-0.15, -0.1) is 0 Å². The molecule has 2 rings (SSSR count). The van der Waals surface area contributed by atoms with Crippen molar-refractivity contribution in [2.45, 2.75) is 12.8 Å². The number of amides is 2. The van der Waals surface area contributed by atoms with Crippen molar-refractivity contribution < 1.29 is 9.59 Å². The lowest BCUT2D eigenvalue weighted by molar-refractivity contribution is -0.120. The summed E-state index contributed by atoms with van der Waals surface area (Å²) in [5.74, 6) is 0.460. The second-order valence-electron chi connectivity index (χ2n) is 4.54. The maximum atomic E-state index is 11.7.